The highest BCUT2D eigenvalue weighted by atomic mass is 35.5. The topological polar surface area (TPSA) is 75.0 Å². The van der Waals surface area contributed by atoms with Gasteiger partial charge in [-0.05, 0) is 18.1 Å². The summed E-state index contributed by atoms with van der Waals surface area (Å²) in [6.07, 6.45) is 0.709. The van der Waals surface area contributed by atoms with Gasteiger partial charge in [0, 0.05) is 18.6 Å². The highest BCUT2D eigenvalue weighted by Gasteiger charge is 2.20. The molecule has 0 aliphatic carbocycles. The number of aromatic amines is 1. The quantitative estimate of drug-likeness (QED) is 0.909. The van der Waals surface area contributed by atoms with Gasteiger partial charge in [-0.3, -0.25) is 9.89 Å². The molecule has 6 heteroatoms. The Hall–Kier alpha value is -2.01. The summed E-state index contributed by atoms with van der Waals surface area (Å²) in [6.45, 7) is 2.36. The maximum atomic E-state index is 12.3. The van der Waals surface area contributed by atoms with Crippen LogP contribution in [0.4, 0.5) is 5.69 Å². The minimum absolute atomic E-state index is 0.224. The van der Waals surface area contributed by atoms with Crippen molar-refractivity contribution in [2.75, 3.05) is 12.8 Å². The number of nitrogens with one attached hydrogen (secondary N) is 1. The molecule has 2 rings (SSSR count). The Kier molecular flexibility index (Phi) is 4.29. The summed E-state index contributed by atoms with van der Waals surface area (Å²) in [5.74, 6) is -0.224. The zero-order valence-electron chi connectivity index (χ0n) is 11.5. The Labute approximate surface area is 122 Å². The number of nitrogen functional groups attached to an aromatic ring is 1. The van der Waals surface area contributed by atoms with Crippen molar-refractivity contribution in [3.63, 3.8) is 0 Å². The molecule has 1 aromatic heterocycles. The molecule has 2 aromatic rings. The average Bonchev–Trinajstić information content (AvgIpc) is 2.81. The molecule has 20 heavy (non-hydrogen) atoms. The van der Waals surface area contributed by atoms with Crippen LogP contribution in [0.2, 0.25) is 5.02 Å². The van der Waals surface area contributed by atoms with Gasteiger partial charge in [0.05, 0.1) is 11.4 Å². The van der Waals surface area contributed by atoms with Crippen molar-refractivity contribution in [3.8, 4) is 0 Å². The van der Waals surface area contributed by atoms with Crippen molar-refractivity contribution in [2.24, 2.45) is 0 Å². The van der Waals surface area contributed by atoms with E-state index in [9.17, 15) is 4.79 Å². The first-order chi connectivity index (χ1) is 9.54. The first-order valence-corrected chi connectivity index (χ1v) is 6.74. The van der Waals surface area contributed by atoms with E-state index < -0.39 is 0 Å². The number of aromatic nitrogens is 2. The largest absolute Gasteiger partial charge is 0.395 e. The van der Waals surface area contributed by atoms with Gasteiger partial charge in [-0.1, -0.05) is 36.7 Å². The Morgan fingerprint density at radius 3 is 2.75 bits per heavy atom. The van der Waals surface area contributed by atoms with Crippen LogP contribution in [0.1, 0.15) is 28.7 Å². The van der Waals surface area contributed by atoms with E-state index in [1.807, 2.05) is 25.1 Å². The summed E-state index contributed by atoms with van der Waals surface area (Å²) in [4.78, 5) is 13.9. The number of carbonyl (C=O) groups excluding carboxylic acids is 1. The highest BCUT2D eigenvalue weighted by molar-refractivity contribution is 6.31. The number of halogens is 1. The molecule has 5 nitrogen and oxygen atoms in total. The van der Waals surface area contributed by atoms with Gasteiger partial charge in [-0.2, -0.15) is 5.10 Å². The molecule has 0 atom stereocenters. The molecule has 0 aliphatic heterocycles. The maximum absolute atomic E-state index is 12.3. The predicted molar refractivity (Wildman–Crippen MR) is 79.6 cm³/mol. The molecule has 1 amide bonds. The van der Waals surface area contributed by atoms with Gasteiger partial charge in [0.2, 0.25) is 0 Å². The summed E-state index contributed by atoms with van der Waals surface area (Å²) >= 11 is 6.09. The zero-order chi connectivity index (χ0) is 14.7. The number of nitrogens with zero attached hydrogens (tertiary/aromatic N) is 2. The third-order valence-corrected chi connectivity index (χ3v) is 3.52. The highest BCUT2D eigenvalue weighted by Crippen LogP contribution is 2.20. The van der Waals surface area contributed by atoms with Crippen LogP contribution in [-0.4, -0.2) is 28.1 Å². The lowest BCUT2D eigenvalue weighted by Gasteiger charge is -2.17. The first-order valence-electron chi connectivity index (χ1n) is 6.36. The molecule has 0 aliphatic rings. The molecule has 0 bridgehead atoms. The van der Waals surface area contributed by atoms with E-state index in [2.05, 4.69) is 10.2 Å². The molecule has 0 radical (unpaired) electrons. The van der Waals surface area contributed by atoms with Crippen molar-refractivity contribution < 1.29 is 4.79 Å². The van der Waals surface area contributed by atoms with Gasteiger partial charge in [0.25, 0.3) is 5.91 Å². The van der Waals surface area contributed by atoms with E-state index in [0.717, 1.165) is 11.3 Å². The third-order valence-electron chi connectivity index (χ3n) is 3.15. The van der Waals surface area contributed by atoms with Crippen molar-refractivity contribution in [2.45, 2.75) is 19.9 Å². The molecule has 0 unspecified atom stereocenters. The van der Waals surface area contributed by atoms with E-state index in [0.29, 0.717) is 23.7 Å². The Morgan fingerprint density at radius 2 is 2.15 bits per heavy atom. The standard InChI is InChI=1S/C14H17ClN4O/c1-3-11-12(16)13(18-17-11)14(20)19(2)8-9-6-4-5-7-10(9)15/h4-7H,3,8,16H2,1-2H3,(H,17,18). The van der Waals surface area contributed by atoms with E-state index in [4.69, 9.17) is 17.3 Å². The summed E-state index contributed by atoms with van der Waals surface area (Å²) < 4.78 is 0. The lowest BCUT2D eigenvalue weighted by atomic mass is 10.2. The van der Waals surface area contributed by atoms with Gasteiger partial charge in [0.1, 0.15) is 0 Å². The lowest BCUT2D eigenvalue weighted by Crippen LogP contribution is -2.27. The number of benzene rings is 1. The second kappa shape index (κ2) is 5.96. The van der Waals surface area contributed by atoms with Gasteiger partial charge >= 0.3 is 0 Å². The van der Waals surface area contributed by atoms with Gasteiger partial charge < -0.3 is 10.6 Å². The predicted octanol–water partition coefficient (Wildman–Crippen LogP) is 2.48. The van der Waals surface area contributed by atoms with Crippen LogP contribution in [0.3, 0.4) is 0 Å². The fraction of sp³-hybridized carbons (Fsp3) is 0.286. The first kappa shape index (κ1) is 14.4. The van der Waals surface area contributed by atoms with Crippen LogP contribution in [0.15, 0.2) is 24.3 Å². The van der Waals surface area contributed by atoms with Crippen LogP contribution in [-0.2, 0) is 13.0 Å². The number of aryl methyl sites for hydroxylation is 1. The molecule has 0 spiro atoms. The van der Waals surface area contributed by atoms with Crippen molar-refractivity contribution in [3.05, 3.63) is 46.2 Å². The number of carbonyl (C=O) groups is 1. The van der Waals surface area contributed by atoms with E-state index in [1.54, 1.807) is 18.0 Å². The van der Waals surface area contributed by atoms with Crippen molar-refractivity contribution in [1.29, 1.82) is 0 Å². The van der Waals surface area contributed by atoms with Crippen LogP contribution in [0, 0.1) is 0 Å². The Balaban J connectivity index is 2.17. The van der Waals surface area contributed by atoms with E-state index in [-0.39, 0.29) is 11.6 Å². The number of nitrogens with two attached hydrogens (primary N) is 1. The van der Waals surface area contributed by atoms with Crippen LogP contribution < -0.4 is 5.73 Å². The number of hydrogen-bond acceptors (Lipinski definition) is 3. The number of anilines is 1. The minimum Gasteiger partial charge on any atom is -0.395 e. The molecule has 3 N–H and O–H groups in total. The zero-order valence-corrected chi connectivity index (χ0v) is 12.2. The summed E-state index contributed by atoms with van der Waals surface area (Å²) in [5.41, 5.74) is 8.25. The SMILES string of the molecule is CCc1[nH]nc(C(=O)N(C)Cc2ccccc2Cl)c1N. The summed E-state index contributed by atoms with van der Waals surface area (Å²) in [7, 11) is 1.70. The van der Waals surface area contributed by atoms with E-state index >= 15 is 0 Å². The van der Waals surface area contributed by atoms with Crippen LogP contribution >= 0.6 is 11.6 Å². The molecule has 1 aromatic carbocycles. The fourth-order valence-corrected chi connectivity index (χ4v) is 2.15. The maximum Gasteiger partial charge on any atom is 0.276 e. The van der Waals surface area contributed by atoms with Gasteiger partial charge in [-0.15, -0.1) is 0 Å². The Morgan fingerprint density at radius 1 is 1.45 bits per heavy atom. The van der Waals surface area contributed by atoms with Gasteiger partial charge in [-0.25, -0.2) is 0 Å². The minimum atomic E-state index is -0.224. The molecule has 106 valence electrons. The smallest absolute Gasteiger partial charge is 0.276 e. The monoisotopic (exact) mass is 292 g/mol. The third kappa shape index (κ3) is 2.77. The number of hydrogen-bond donors (Lipinski definition) is 2. The second-order valence-electron chi connectivity index (χ2n) is 4.57. The van der Waals surface area contributed by atoms with Crippen molar-refractivity contribution >= 4 is 23.2 Å². The molecular weight excluding hydrogens is 276 g/mol. The molecule has 0 fully saturated rings. The summed E-state index contributed by atoms with van der Waals surface area (Å²) in [6, 6.07) is 7.43. The molecule has 0 saturated heterocycles. The number of H-pyrrole nitrogens is 1. The van der Waals surface area contributed by atoms with Gasteiger partial charge in [0.15, 0.2) is 5.69 Å². The number of rotatable bonds is 4. The Bertz CT molecular complexity index is 623. The fourth-order valence-electron chi connectivity index (χ4n) is 1.95. The molecule has 0 saturated carbocycles. The number of amides is 1. The van der Waals surface area contributed by atoms with Crippen LogP contribution in [0.25, 0.3) is 0 Å². The average molecular weight is 293 g/mol. The van der Waals surface area contributed by atoms with Crippen LogP contribution in [0.5, 0.6) is 0 Å². The summed E-state index contributed by atoms with van der Waals surface area (Å²) in [5, 5.41) is 7.42. The second-order valence-corrected chi connectivity index (χ2v) is 4.98. The normalized spacial score (nSPS) is 10.6. The molecule has 1 heterocycles. The lowest BCUT2D eigenvalue weighted by molar-refractivity contribution is 0.0780. The van der Waals surface area contributed by atoms with E-state index in [1.165, 1.54) is 0 Å². The molecular formula is C14H17ClN4O. The van der Waals surface area contributed by atoms with Crippen molar-refractivity contribution in [1.82, 2.24) is 15.1 Å².